The third-order valence-electron chi connectivity index (χ3n) is 4.73. The zero-order chi connectivity index (χ0) is 22.6. The first-order valence-corrected chi connectivity index (χ1v) is 13.6. The molecule has 32 heavy (non-hydrogen) atoms. The summed E-state index contributed by atoms with van der Waals surface area (Å²) in [6.07, 6.45) is 3.84. The van der Waals surface area contributed by atoms with E-state index in [9.17, 15) is 14.0 Å². The van der Waals surface area contributed by atoms with Crippen molar-refractivity contribution in [2.24, 2.45) is 0 Å². The molecule has 4 rings (SSSR count). The van der Waals surface area contributed by atoms with E-state index in [1.165, 1.54) is 0 Å². The maximum atomic E-state index is 11.7. The van der Waals surface area contributed by atoms with Gasteiger partial charge in [0.2, 0.25) is 0 Å². The van der Waals surface area contributed by atoms with Crippen LogP contribution in [0.15, 0.2) is 97.1 Å². The van der Waals surface area contributed by atoms with E-state index in [0.717, 1.165) is 28.0 Å². The number of benzene rings is 3. The molecule has 1 aliphatic rings. The summed E-state index contributed by atoms with van der Waals surface area (Å²) < 4.78 is 47.1. The summed E-state index contributed by atoms with van der Waals surface area (Å²) in [4.78, 5) is 0. The molecule has 0 saturated heterocycles. The standard InChI is InChI=1S/C25H21ClO5Se/c1-2-30-23-15-13-19(14-16-23)22-17-24(20-9-5-3-6-10-20)32(31-26(27,28)29)25(18-22)21-11-7-4-8-12-21/h3-18H,2H2,1H3. The van der Waals surface area contributed by atoms with Crippen LogP contribution in [0.25, 0.3) is 10.0 Å². The fraction of sp³-hybridized carbons (Fsp3) is 0.0800. The van der Waals surface area contributed by atoms with Gasteiger partial charge in [0.15, 0.2) is 0 Å². The third kappa shape index (κ3) is 5.44. The minimum atomic E-state index is -4.60. The van der Waals surface area contributed by atoms with E-state index in [1.54, 1.807) is 0 Å². The van der Waals surface area contributed by atoms with Gasteiger partial charge in [-0.25, -0.2) is 0 Å². The van der Waals surface area contributed by atoms with Crippen LogP contribution in [0.3, 0.4) is 0 Å². The number of halogens is 1. The summed E-state index contributed by atoms with van der Waals surface area (Å²) in [7, 11) is -4.60. The SMILES string of the molecule is CCOc1ccc(C2=CC(c3ccccc3)=[Se](O[Cl+3]([O-])([O-])[O-])C(c3ccccc3)=C2)cc1. The van der Waals surface area contributed by atoms with Gasteiger partial charge in [0.1, 0.15) is 0 Å². The van der Waals surface area contributed by atoms with Crippen LogP contribution in [0.1, 0.15) is 23.6 Å². The minimum absolute atomic E-state index is 0.582. The Balaban J connectivity index is 1.92. The molecule has 0 aliphatic carbocycles. The van der Waals surface area contributed by atoms with Crippen LogP contribution in [0.4, 0.5) is 0 Å². The first-order valence-electron chi connectivity index (χ1n) is 9.94. The summed E-state index contributed by atoms with van der Waals surface area (Å²) in [5.74, 6) is 0.776. The molecule has 3 aromatic rings. The van der Waals surface area contributed by atoms with Crippen molar-refractivity contribution in [2.75, 3.05) is 6.61 Å². The topological polar surface area (TPSA) is 87.6 Å². The molecule has 0 aromatic heterocycles. The van der Waals surface area contributed by atoms with Crippen LogP contribution < -0.4 is 18.7 Å². The summed E-state index contributed by atoms with van der Waals surface area (Å²) in [5, 5.41) is 0. The van der Waals surface area contributed by atoms with E-state index in [1.807, 2.05) is 104 Å². The second-order valence-corrected chi connectivity index (χ2v) is 11.5. The molecule has 3 aromatic carbocycles. The molecule has 7 heteroatoms. The zero-order valence-corrected chi connectivity index (χ0v) is 19.7. The number of hydrogen-bond donors (Lipinski definition) is 0. The van der Waals surface area contributed by atoms with Crippen LogP contribution in [-0.4, -0.2) is 24.8 Å². The van der Waals surface area contributed by atoms with Crippen molar-refractivity contribution in [3.05, 3.63) is 114 Å². The van der Waals surface area contributed by atoms with Crippen molar-refractivity contribution in [2.45, 2.75) is 6.92 Å². The Labute approximate surface area is 193 Å². The van der Waals surface area contributed by atoms with Gasteiger partial charge in [0, 0.05) is 0 Å². The normalized spacial score (nSPS) is 16.4. The Hall–Kier alpha value is -2.54. The van der Waals surface area contributed by atoms with Gasteiger partial charge in [-0.05, 0) is 0 Å². The maximum absolute atomic E-state index is 11.7. The molecule has 0 spiro atoms. The first-order chi connectivity index (χ1) is 15.4. The Morgan fingerprint density at radius 2 is 1.31 bits per heavy atom. The molecule has 1 atom stereocenters. The fourth-order valence-electron chi connectivity index (χ4n) is 3.36. The average Bonchev–Trinajstić information content (AvgIpc) is 2.80. The molecule has 0 N–H and O–H groups in total. The molecule has 1 aliphatic heterocycles. The predicted molar refractivity (Wildman–Crippen MR) is 117 cm³/mol. The fourth-order valence-corrected chi connectivity index (χ4v) is 8.42. The Morgan fingerprint density at radius 3 is 1.88 bits per heavy atom. The monoisotopic (exact) mass is 516 g/mol. The van der Waals surface area contributed by atoms with E-state index in [-0.39, 0.29) is 0 Å². The molecule has 0 radical (unpaired) electrons. The summed E-state index contributed by atoms with van der Waals surface area (Å²) in [6.45, 7) is 2.51. The molecule has 0 saturated carbocycles. The summed E-state index contributed by atoms with van der Waals surface area (Å²) in [5.41, 5.74) is 3.49. The third-order valence-corrected chi connectivity index (χ3v) is 9.93. The van der Waals surface area contributed by atoms with Crippen molar-refractivity contribution in [3.8, 4) is 5.75 Å². The molecular formula is C25H21ClO5Se. The van der Waals surface area contributed by atoms with E-state index < -0.39 is 24.0 Å². The molecular weight excluding hydrogens is 495 g/mol. The average molecular weight is 516 g/mol. The molecule has 5 nitrogen and oxygen atoms in total. The van der Waals surface area contributed by atoms with Gasteiger partial charge in [0.05, 0.1) is 0 Å². The van der Waals surface area contributed by atoms with Crippen LogP contribution >= 0.6 is 0 Å². The van der Waals surface area contributed by atoms with Crippen LogP contribution in [0, 0.1) is 10.2 Å². The Bertz CT molecular complexity index is 1160. The van der Waals surface area contributed by atoms with E-state index in [2.05, 4.69) is 0 Å². The molecule has 0 amide bonds. The Morgan fingerprint density at radius 1 is 0.719 bits per heavy atom. The second-order valence-electron chi connectivity index (χ2n) is 6.87. The Kier molecular flexibility index (Phi) is 7.04. The molecule has 164 valence electrons. The van der Waals surface area contributed by atoms with Crippen LogP contribution in [0.5, 0.6) is 5.75 Å². The number of ether oxygens (including phenoxy) is 1. The van der Waals surface area contributed by atoms with Gasteiger partial charge in [-0.15, -0.1) is 0 Å². The van der Waals surface area contributed by atoms with Crippen molar-refractivity contribution >= 4 is 28.3 Å². The number of rotatable bonds is 7. The first kappa shape index (κ1) is 22.6. The van der Waals surface area contributed by atoms with Gasteiger partial charge >= 0.3 is 194 Å². The molecule has 1 unspecified atom stereocenters. The van der Waals surface area contributed by atoms with Gasteiger partial charge < -0.3 is 0 Å². The molecule has 0 fully saturated rings. The summed E-state index contributed by atoms with van der Waals surface area (Å²) >= 11 is -2.68. The van der Waals surface area contributed by atoms with Gasteiger partial charge in [-0.1, -0.05) is 0 Å². The molecule has 1 heterocycles. The molecule has 0 bridgehead atoms. The second kappa shape index (κ2) is 9.94. The van der Waals surface area contributed by atoms with Gasteiger partial charge in [0.25, 0.3) is 0 Å². The van der Waals surface area contributed by atoms with Gasteiger partial charge in [-0.2, -0.15) is 0 Å². The van der Waals surface area contributed by atoms with Gasteiger partial charge in [-0.3, -0.25) is 0 Å². The van der Waals surface area contributed by atoms with Crippen molar-refractivity contribution in [3.63, 3.8) is 0 Å². The number of hydrogen-bond acceptors (Lipinski definition) is 5. The van der Waals surface area contributed by atoms with E-state index in [0.29, 0.717) is 15.5 Å². The van der Waals surface area contributed by atoms with E-state index >= 15 is 0 Å². The number of allylic oxidation sites excluding steroid dienone is 3. The van der Waals surface area contributed by atoms with E-state index in [4.69, 9.17) is 8.11 Å². The van der Waals surface area contributed by atoms with Crippen molar-refractivity contribution in [1.29, 1.82) is 0 Å². The predicted octanol–water partition coefficient (Wildman–Crippen LogP) is 1.81. The van der Waals surface area contributed by atoms with Crippen molar-refractivity contribution in [1.82, 2.24) is 0 Å². The quantitative estimate of drug-likeness (QED) is 0.448. The van der Waals surface area contributed by atoms with Crippen LogP contribution in [0.2, 0.25) is 0 Å². The van der Waals surface area contributed by atoms with Crippen LogP contribution in [-0.2, 0) is 3.37 Å². The van der Waals surface area contributed by atoms with Crippen molar-refractivity contribution < 1.29 is 32.3 Å². The summed E-state index contributed by atoms with van der Waals surface area (Å²) in [6, 6.07) is 26.6. The zero-order valence-electron chi connectivity index (χ0n) is 17.3.